The second-order valence-corrected chi connectivity index (χ2v) is 5.57. The van der Waals surface area contributed by atoms with Gasteiger partial charge in [0.2, 0.25) is 0 Å². The minimum absolute atomic E-state index is 0.0432. The molecular formula is C12H21ClN4O. The molecule has 18 heavy (non-hydrogen) atoms. The summed E-state index contributed by atoms with van der Waals surface area (Å²) in [6, 6.07) is 0.111. The Morgan fingerprint density at radius 1 is 1.61 bits per heavy atom. The van der Waals surface area contributed by atoms with Gasteiger partial charge >= 0.3 is 0 Å². The Morgan fingerprint density at radius 2 is 2.33 bits per heavy atom. The van der Waals surface area contributed by atoms with Crippen molar-refractivity contribution < 1.29 is 4.74 Å². The van der Waals surface area contributed by atoms with Gasteiger partial charge in [-0.25, -0.2) is 5.43 Å². The maximum atomic E-state index is 6.25. The average molecular weight is 273 g/mol. The smallest absolute Gasteiger partial charge is 0.0908 e. The molecule has 3 unspecified atom stereocenters. The molecule has 0 radical (unpaired) electrons. The summed E-state index contributed by atoms with van der Waals surface area (Å²) in [6.07, 6.45) is 2.76. The van der Waals surface area contributed by atoms with Crippen molar-refractivity contribution >= 4 is 11.6 Å². The molecule has 0 bridgehead atoms. The van der Waals surface area contributed by atoms with Crippen LogP contribution in [-0.2, 0) is 4.74 Å². The SMILES string of the molecule is CC1CCOC1C(NN)c1c(Cl)cnn1C(C)C. The molecule has 3 atom stereocenters. The van der Waals surface area contributed by atoms with Crippen LogP contribution in [0, 0.1) is 5.92 Å². The van der Waals surface area contributed by atoms with Gasteiger partial charge in [0.15, 0.2) is 0 Å². The van der Waals surface area contributed by atoms with Crippen molar-refractivity contribution in [1.82, 2.24) is 15.2 Å². The topological polar surface area (TPSA) is 65.1 Å². The lowest BCUT2D eigenvalue weighted by Crippen LogP contribution is -2.40. The van der Waals surface area contributed by atoms with E-state index in [2.05, 4.69) is 31.3 Å². The summed E-state index contributed by atoms with van der Waals surface area (Å²) in [5.74, 6) is 6.17. The lowest BCUT2D eigenvalue weighted by Gasteiger charge is -2.27. The number of rotatable bonds is 4. The van der Waals surface area contributed by atoms with E-state index in [1.807, 2.05) is 4.68 Å². The fourth-order valence-corrected chi connectivity index (χ4v) is 2.77. The van der Waals surface area contributed by atoms with Gasteiger partial charge in [0.05, 0.1) is 29.1 Å². The van der Waals surface area contributed by atoms with Crippen LogP contribution in [-0.4, -0.2) is 22.5 Å². The fourth-order valence-electron chi connectivity index (χ4n) is 2.53. The molecule has 1 aliphatic rings. The van der Waals surface area contributed by atoms with Crippen LogP contribution in [0.4, 0.5) is 0 Å². The molecule has 102 valence electrons. The Labute approximate surface area is 113 Å². The van der Waals surface area contributed by atoms with E-state index in [9.17, 15) is 0 Å². The molecular weight excluding hydrogens is 252 g/mol. The largest absolute Gasteiger partial charge is 0.376 e. The molecule has 1 saturated heterocycles. The zero-order chi connectivity index (χ0) is 13.3. The van der Waals surface area contributed by atoms with Crippen LogP contribution in [0.15, 0.2) is 6.20 Å². The minimum Gasteiger partial charge on any atom is -0.376 e. The van der Waals surface area contributed by atoms with E-state index in [-0.39, 0.29) is 18.2 Å². The highest BCUT2D eigenvalue weighted by molar-refractivity contribution is 6.31. The molecule has 0 spiro atoms. The molecule has 1 aromatic heterocycles. The van der Waals surface area contributed by atoms with Crippen molar-refractivity contribution in [2.45, 2.75) is 45.4 Å². The molecule has 6 heteroatoms. The monoisotopic (exact) mass is 272 g/mol. The third-order valence-corrected chi connectivity index (χ3v) is 3.81. The molecule has 2 heterocycles. The van der Waals surface area contributed by atoms with Gasteiger partial charge in [-0.15, -0.1) is 0 Å². The van der Waals surface area contributed by atoms with Crippen molar-refractivity contribution in [2.75, 3.05) is 6.61 Å². The van der Waals surface area contributed by atoms with E-state index in [0.717, 1.165) is 18.7 Å². The molecule has 2 rings (SSSR count). The second kappa shape index (κ2) is 5.57. The summed E-state index contributed by atoms with van der Waals surface area (Å²) in [5, 5.41) is 4.95. The highest BCUT2D eigenvalue weighted by Gasteiger charge is 2.35. The lowest BCUT2D eigenvalue weighted by molar-refractivity contribution is 0.0576. The zero-order valence-electron chi connectivity index (χ0n) is 11.1. The molecule has 1 aliphatic heterocycles. The van der Waals surface area contributed by atoms with E-state index in [1.54, 1.807) is 6.20 Å². The summed E-state index contributed by atoms with van der Waals surface area (Å²) >= 11 is 6.25. The summed E-state index contributed by atoms with van der Waals surface area (Å²) < 4.78 is 7.69. The Kier molecular flexibility index (Phi) is 4.27. The number of ether oxygens (including phenoxy) is 1. The Balaban J connectivity index is 2.35. The van der Waals surface area contributed by atoms with Gasteiger partial charge in [0, 0.05) is 12.6 Å². The summed E-state index contributed by atoms with van der Waals surface area (Å²) in [5.41, 5.74) is 3.75. The Bertz CT molecular complexity index is 407. The normalized spacial score (nSPS) is 25.9. The molecule has 0 aromatic carbocycles. The number of aromatic nitrogens is 2. The van der Waals surface area contributed by atoms with E-state index in [4.69, 9.17) is 22.2 Å². The van der Waals surface area contributed by atoms with Crippen molar-refractivity contribution in [3.8, 4) is 0 Å². The predicted molar refractivity (Wildman–Crippen MR) is 71.2 cm³/mol. The number of nitrogens with zero attached hydrogens (tertiary/aromatic N) is 2. The van der Waals surface area contributed by atoms with Gasteiger partial charge in [0.1, 0.15) is 0 Å². The van der Waals surface area contributed by atoms with Gasteiger partial charge in [-0.1, -0.05) is 18.5 Å². The number of nitrogens with one attached hydrogen (secondary N) is 1. The number of nitrogens with two attached hydrogens (primary N) is 1. The molecule has 0 amide bonds. The fraction of sp³-hybridized carbons (Fsp3) is 0.750. The number of hydrogen-bond acceptors (Lipinski definition) is 4. The third kappa shape index (κ3) is 2.40. The van der Waals surface area contributed by atoms with Crippen LogP contribution in [0.25, 0.3) is 0 Å². The highest BCUT2D eigenvalue weighted by atomic mass is 35.5. The van der Waals surface area contributed by atoms with Gasteiger partial charge in [0.25, 0.3) is 0 Å². The first-order valence-corrected chi connectivity index (χ1v) is 6.74. The highest BCUT2D eigenvalue weighted by Crippen LogP contribution is 2.34. The third-order valence-electron chi connectivity index (χ3n) is 3.52. The molecule has 0 aliphatic carbocycles. The Morgan fingerprint density at radius 3 is 2.83 bits per heavy atom. The minimum atomic E-state index is -0.125. The van der Waals surface area contributed by atoms with E-state index >= 15 is 0 Å². The van der Waals surface area contributed by atoms with E-state index in [0.29, 0.717) is 10.9 Å². The number of halogens is 1. The first kappa shape index (κ1) is 13.8. The van der Waals surface area contributed by atoms with Gasteiger partial charge in [-0.05, 0) is 26.2 Å². The quantitative estimate of drug-likeness (QED) is 0.650. The predicted octanol–water partition coefficient (Wildman–Crippen LogP) is 2.05. The molecule has 3 N–H and O–H groups in total. The lowest BCUT2D eigenvalue weighted by atomic mass is 9.95. The van der Waals surface area contributed by atoms with Crippen molar-refractivity contribution in [3.63, 3.8) is 0 Å². The van der Waals surface area contributed by atoms with Gasteiger partial charge in [-0.2, -0.15) is 5.10 Å². The van der Waals surface area contributed by atoms with E-state index in [1.165, 1.54) is 0 Å². The maximum absolute atomic E-state index is 6.25. The molecule has 5 nitrogen and oxygen atoms in total. The van der Waals surface area contributed by atoms with Crippen molar-refractivity contribution in [1.29, 1.82) is 0 Å². The first-order valence-electron chi connectivity index (χ1n) is 6.37. The van der Waals surface area contributed by atoms with Crippen LogP contribution in [0.3, 0.4) is 0 Å². The summed E-state index contributed by atoms with van der Waals surface area (Å²) in [7, 11) is 0. The van der Waals surface area contributed by atoms with Crippen LogP contribution < -0.4 is 11.3 Å². The first-order chi connectivity index (χ1) is 8.56. The molecule has 1 aromatic rings. The number of hydrogen-bond donors (Lipinski definition) is 2. The second-order valence-electron chi connectivity index (χ2n) is 5.16. The number of hydrazine groups is 1. The summed E-state index contributed by atoms with van der Waals surface area (Å²) in [4.78, 5) is 0. The van der Waals surface area contributed by atoms with E-state index < -0.39 is 0 Å². The standard InChI is InChI=1S/C12H21ClN4O/c1-7(2)17-11(9(13)6-15-17)10(16-14)12-8(3)4-5-18-12/h6-8,10,12,16H,4-5,14H2,1-3H3. The molecule has 1 fully saturated rings. The van der Waals surface area contributed by atoms with Crippen molar-refractivity contribution in [3.05, 3.63) is 16.9 Å². The van der Waals surface area contributed by atoms with Crippen LogP contribution in [0.5, 0.6) is 0 Å². The maximum Gasteiger partial charge on any atom is 0.0908 e. The van der Waals surface area contributed by atoms with Crippen LogP contribution in [0.2, 0.25) is 5.02 Å². The van der Waals surface area contributed by atoms with Crippen LogP contribution in [0.1, 0.15) is 45.0 Å². The van der Waals surface area contributed by atoms with Crippen molar-refractivity contribution in [2.24, 2.45) is 11.8 Å². The van der Waals surface area contributed by atoms with Gasteiger partial charge < -0.3 is 4.74 Å². The zero-order valence-corrected chi connectivity index (χ0v) is 11.8. The van der Waals surface area contributed by atoms with Gasteiger partial charge in [-0.3, -0.25) is 10.5 Å². The van der Waals surface area contributed by atoms with Crippen LogP contribution >= 0.6 is 11.6 Å². The average Bonchev–Trinajstić information content (AvgIpc) is 2.89. The molecule has 0 saturated carbocycles. The Hall–Kier alpha value is -0.620. The summed E-state index contributed by atoms with van der Waals surface area (Å²) in [6.45, 7) is 7.09.